The molecule has 2 aliphatic rings. The van der Waals surface area contributed by atoms with Crippen molar-refractivity contribution in [1.29, 1.82) is 0 Å². The summed E-state index contributed by atoms with van der Waals surface area (Å²) in [6, 6.07) is 37.7. The molecule has 15 nitrogen and oxygen atoms in total. The fourth-order valence-corrected chi connectivity index (χ4v) is 21.4. The standard InChI is InChI=1S/C16H27NO4SSi.C16H25NO2SSi.C16H27NO2SSi.C15H27NO3SSi/c1-3-12-23-13-4-10-17(2)14-5-7-15(8-6-14)22(20,21)11-9-16(18)19;1-4-9-21-10-5-8-17(3)14-6-7-16-15(11-14)13(2)12-20(16,18)19;1-2-13-21-14-5-12-20(18,19)16-8-6-15(7-9-16)17-10-3-4-11-17;1-3-12-21-13-4-9-16(2)14-5-7-15(8-6-14)20(18,19)11-10-17/h5-8H,3-4,9-13,23H2,1-2H3,(H,18,19);6-7,11-12H,4-5,8-10,21H2,1-3H3;6-9H,2-5,10-14,21H2,1H3;5-8,17H,3-4,9-13,21H2,1-2H3. The molecule has 0 aromatic heterocycles. The summed E-state index contributed by atoms with van der Waals surface area (Å²) in [5.41, 5.74) is 5.99. The van der Waals surface area contributed by atoms with Crippen molar-refractivity contribution in [1.82, 2.24) is 0 Å². The van der Waals surface area contributed by atoms with Gasteiger partial charge in [0, 0.05) is 120 Å². The molecule has 4 aromatic carbocycles. The maximum absolute atomic E-state index is 12.3. The number of sulfone groups is 4. The molecule has 1 saturated heterocycles. The Morgan fingerprint density at radius 3 is 1.30 bits per heavy atom. The minimum atomic E-state index is -3.52. The summed E-state index contributed by atoms with van der Waals surface area (Å²) < 4.78 is 96.1. The first-order valence-electron chi connectivity index (χ1n) is 31.7. The number of benzene rings is 4. The summed E-state index contributed by atoms with van der Waals surface area (Å²) in [7, 11) is -6.67. The third-order valence-corrected chi connectivity index (χ3v) is 31.4. The maximum atomic E-state index is 12.3. The highest BCUT2D eigenvalue weighted by atomic mass is 32.2. The van der Waals surface area contributed by atoms with E-state index in [4.69, 9.17) is 10.2 Å². The molecule has 0 radical (unpaired) electrons. The summed E-state index contributed by atoms with van der Waals surface area (Å²) in [5, 5.41) is 18.8. The predicted octanol–water partition coefficient (Wildman–Crippen LogP) is 9.81. The van der Waals surface area contributed by atoms with Crippen molar-refractivity contribution >= 4 is 112 Å². The monoisotopic (exact) mass is 1330 g/mol. The van der Waals surface area contributed by atoms with E-state index in [1.165, 1.54) is 106 Å². The van der Waals surface area contributed by atoms with E-state index >= 15 is 0 Å². The van der Waals surface area contributed by atoms with Crippen LogP contribution in [0, 0.1) is 0 Å². The minimum absolute atomic E-state index is 0.0253. The molecule has 23 heteroatoms. The van der Waals surface area contributed by atoms with E-state index in [1.54, 1.807) is 54.6 Å². The van der Waals surface area contributed by atoms with Gasteiger partial charge in [0.2, 0.25) is 9.84 Å². The maximum Gasteiger partial charge on any atom is 0.304 e. The highest BCUT2D eigenvalue weighted by Gasteiger charge is 2.25. The quantitative estimate of drug-likeness (QED) is 0.0321. The molecule has 0 atom stereocenters. The molecule has 2 heterocycles. The summed E-state index contributed by atoms with van der Waals surface area (Å²) in [6.45, 7) is 15.7. The largest absolute Gasteiger partial charge is 0.481 e. The molecule has 6 rings (SSSR count). The zero-order valence-corrected chi connectivity index (χ0v) is 62.3. The van der Waals surface area contributed by atoms with Crippen LogP contribution in [0.1, 0.15) is 111 Å². The molecular formula is C63H106N4O11S4Si4. The summed E-state index contributed by atoms with van der Waals surface area (Å²) in [4.78, 5) is 20.8. The summed E-state index contributed by atoms with van der Waals surface area (Å²) in [6.07, 6.45) is 11.8. The molecule has 86 heavy (non-hydrogen) atoms. The predicted molar refractivity (Wildman–Crippen MR) is 376 cm³/mol. The molecule has 4 aromatic rings. The summed E-state index contributed by atoms with van der Waals surface area (Å²) >= 11 is 0. The van der Waals surface area contributed by atoms with E-state index in [2.05, 4.69) is 54.3 Å². The number of aliphatic hydroxyl groups is 1. The Morgan fingerprint density at radius 1 is 0.523 bits per heavy atom. The minimum Gasteiger partial charge on any atom is -0.481 e. The van der Waals surface area contributed by atoms with Gasteiger partial charge in [-0.3, -0.25) is 4.79 Å². The lowest BCUT2D eigenvalue weighted by Gasteiger charge is -2.20. The van der Waals surface area contributed by atoms with Crippen LogP contribution < -0.4 is 19.6 Å². The Kier molecular flexibility index (Phi) is 35.9. The SMILES string of the molecule is CCC[SiH2]CCCN(C)c1ccc(S(=O)(=O)CCC(=O)O)cc1.CCC[SiH2]CCCN(C)c1ccc(S(=O)(=O)CCO)cc1.CCC[SiH2]CCCN(C)c1ccc2c(c1)C(C)=CS2(=O)=O.CCC[SiH2]CCCS(=O)(=O)c1ccc(N2CCCC2)cc1. The second-order valence-corrected chi connectivity index (χ2v) is 39.5. The molecule has 1 fully saturated rings. The van der Waals surface area contributed by atoms with Gasteiger partial charge in [0.25, 0.3) is 0 Å². The first kappa shape index (κ1) is 76.2. The molecule has 0 bridgehead atoms. The average molecular weight is 1340 g/mol. The zero-order chi connectivity index (χ0) is 63.6. The smallest absolute Gasteiger partial charge is 0.304 e. The lowest BCUT2D eigenvalue weighted by Crippen LogP contribution is -2.19. The van der Waals surface area contributed by atoms with Gasteiger partial charge in [0.15, 0.2) is 29.5 Å². The van der Waals surface area contributed by atoms with Crippen LogP contribution in [-0.2, 0) is 44.1 Å². The van der Waals surface area contributed by atoms with Gasteiger partial charge in [-0.15, -0.1) is 0 Å². The van der Waals surface area contributed by atoms with Crippen LogP contribution in [0.25, 0.3) is 5.57 Å². The number of hydrogen-bond donors (Lipinski definition) is 2. The van der Waals surface area contributed by atoms with Crippen molar-refractivity contribution in [2.24, 2.45) is 0 Å². The molecule has 2 aliphatic heterocycles. The van der Waals surface area contributed by atoms with E-state index in [0.717, 1.165) is 79.1 Å². The molecule has 0 unspecified atom stereocenters. The third kappa shape index (κ3) is 27.8. The number of carboxylic acid groups (broad SMARTS) is 1. The number of aliphatic carboxylic acids is 1. The zero-order valence-electron chi connectivity index (χ0n) is 53.4. The van der Waals surface area contributed by atoms with Crippen molar-refractivity contribution in [3.8, 4) is 0 Å². The molecule has 0 amide bonds. The number of fused-ring (bicyclic) bond motifs is 1. The Balaban J connectivity index is 0.000000300. The van der Waals surface area contributed by atoms with Crippen LogP contribution in [0.2, 0.25) is 48.4 Å². The van der Waals surface area contributed by atoms with E-state index in [9.17, 15) is 38.5 Å². The lowest BCUT2D eigenvalue weighted by atomic mass is 10.1. The van der Waals surface area contributed by atoms with Crippen molar-refractivity contribution in [2.75, 3.05) is 97.3 Å². The summed E-state index contributed by atoms with van der Waals surface area (Å²) in [5.74, 6) is -1.37. The number of hydrogen-bond acceptors (Lipinski definition) is 14. The second kappa shape index (κ2) is 40.5. The normalized spacial score (nSPS) is 14.1. The topological polar surface area (TPSA) is 207 Å². The van der Waals surface area contributed by atoms with Crippen LogP contribution >= 0.6 is 0 Å². The van der Waals surface area contributed by atoms with E-state index in [0.29, 0.717) is 15.5 Å². The Labute approximate surface area is 529 Å². The van der Waals surface area contributed by atoms with Crippen molar-refractivity contribution in [3.63, 3.8) is 0 Å². The third-order valence-electron chi connectivity index (χ3n) is 15.7. The lowest BCUT2D eigenvalue weighted by molar-refractivity contribution is -0.136. The van der Waals surface area contributed by atoms with E-state index in [1.807, 2.05) is 57.4 Å². The number of anilines is 4. The van der Waals surface area contributed by atoms with Gasteiger partial charge in [-0.05, 0) is 148 Å². The molecule has 2 N–H and O–H groups in total. The number of rotatable bonds is 36. The van der Waals surface area contributed by atoms with Crippen molar-refractivity contribution in [2.45, 2.75) is 173 Å². The molecule has 0 spiro atoms. The first-order valence-corrected chi connectivity index (χ1v) is 46.2. The van der Waals surface area contributed by atoms with Gasteiger partial charge in [0.1, 0.15) is 0 Å². The van der Waals surface area contributed by atoms with Crippen LogP contribution in [0.3, 0.4) is 0 Å². The van der Waals surface area contributed by atoms with Crippen LogP contribution in [-0.4, -0.2) is 166 Å². The average Bonchev–Trinajstić information content (AvgIpc) is 1.90. The number of nitrogens with zero attached hydrogens (tertiary/aromatic N) is 4. The highest BCUT2D eigenvalue weighted by Crippen LogP contribution is 2.35. The van der Waals surface area contributed by atoms with Gasteiger partial charge in [0.05, 0.1) is 49.9 Å². The van der Waals surface area contributed by atoms with E-state index in [-0.39, 0.29) is 72.4 Å². The second-order valence-electron chi connectivity index (χ2n) is 22.9. The van der Waals surface area contributed by atoms with E-state index < -0.39 is 45.3 Å². The highest BCUT2D eigenvalue weighted by molar-refractivity contribution is 7.95. The number of carbonyl (C=O) groups is 1. The molecule has 0 saturated carbocycles. The fraction of sp³-hybridized carbons (Fsp3) is 0.571. The van der Waals surface area contributed by atoms with Crippen LogP contribution in [0.4, 0.5) is 22.7 Å². The van der Waals surface area contributed by atoms with Gasteiger partial charge in [-0.25, -0.2) is 33.7 Å². The van der Waals surface area contributed by atoms with Gasteiger partial charge in [-0.2, -0.15) is 0 Å². The first-order chi connectivity index (χ1) is 41.0. The van der Waals surface area contributed by atoms with Gasteiger partial charge < -0.3 is 29.8 Å². The number of aliphatic hydroxyl groups excluding tert-OH is 1. The Bertz CT molecular complexity index is 3080. The number of carboxylic acids is 1. The van der Waals surface area contributed by atoms with Crippen LogP contribution in [0.5, 0.6) is 0 Å². The van der Waals surface area contributed by atoms with Crippen molar-refractivity contribution < 1.29 is 48.7 Å². The van der Waals surface area contributed by atoms with Crippen molar-refractivity contribution in [3.05, 3.63) is 102 Å². The van der Waals surface area contributed by atoms with Gasteiger partial charge in [-0.1, -0.05) is 102 Å². The molecule has 0 aliphatic carbocycles. The fourth-order valence-electron chi connectivity index (χ4n) is 10.2. The Morgan fingerprint density at radius 2 is 0.895 bits per heavy atom. The molecule has 484 valence electrons. The van der Waals surface area contributed by atoms with Gasteiger partial charge >= 0.3 is 5.97 Å². The Hall–Kier alpha value is -4.08. The molecular weight excluding hydrogens is 1230 g/mol. The number of allylic oxidation sites excluding steroid dienone is 1. The van der Waals surface area contributed by atoms with Crippen LogP contribution in [0.15, 0.2) is 116 Å².